The summed E-state index contributed by atoms with van der Waals surface area (Å²) >= 11 is 0. The number of rotatable bonds is 4. The van der Waals surface area contributed by atoms with Gasteiger partial charge in [0.15, 0.2) is 5.78 Å². The van der Waals surface area contributed by atoms with Gasteiger partial charge in [-0.25, -0.2) is 4.98 Å². The highest BCUT2D eigenvalue weighted by Gasteiger charge is 2.52. The zero-order chi connectivity index (χ0) is 16.1. The van der Waals surface area contributed by atoms with Gasteiger partial charge in [0.2, 0.25) is 0 Å². The first-order valence-corrected chi connectivity index (χ1v) is 7.83. The first-order valence-electron chi connectivity index (χ1n) is 7.83. The maximum Gasteiger partial charge on any atom is 0.496 e. The number of hydrogen-bond acceptors (Lipinski definition) is 5. The number of Topliss-reactive ketones (excluding diaryl/α,β-unsaturated/α-hetero) is 1. The Morgan fingerprint density at radius 2 is 1.86 bits per heavy atom. The highest BCUT2D eigenvalue weighted by Crippen LogP contribution is 2.36. The summed E-state index contributed by atoms with van der Waals surface area (Å²) in [4.78, 5) is 16.4. The largest absolute Gasteiger partial charge is 0.496 e. The molecule has 5 nitrogen and oxygen atoms in total. The van der Waals surface area contributed by atoms with Gasteiger partial charge in [0.05, 0.1) is 16.8 Å². The summed E-state index contributed by atoms with van der Waals surface area (Å²) in [7, 11) is -0.495. The normalized spacial score (nSPS) is 22.7. The predicted octanol–water partition coefficient (Wildman–Crippen LogP) is 2.16. The van der Waals surface area contributed by atoms with Crippen molar-refractivity contribution < 1.29 is 14.1 Å². The lowest BCUT2D eigenvalue weighted by molar-refractivity contribution is 0.00578. The zero-order valence-corrected chi connectivity index (χ0v) is 13.9. The van der Waals surface area contributed by atoms with Gasteiger partial charge in [0.1, 0.15) is 5.82 Å². The van der Waals surface area contributed by atoms with E-state index in [1.165, 1.54) is 0 Å². The average Bonchev–Trinajstić information content (AvgIpc) is 3.17. The number of anilines is 1. The lowest BCUT2D eigenvalue weighted by Gasteiger charge is -2.32. The molecule has 6 heteroatoms. The van der Waals surface area contributed by atoms with Crippen molar-refractivity contribution in [3.05, 3.63) is 17.8 Å². The van der Waals surface area contributed by atoms with Crippen molar-refractivity contribution >= 4 is 24.2 Å². The molecule has 22 heavy (non-hydrogen) atoms. The van der Waals surface area contributed by atoms with Crippen molar-refractivity contribution in [2.24, 2.45) is 0 Å². The molecule has 2 aliphatic rings. The quantitative estimate of drug-likeness (QED) is 0.682. The Morgan fingerprint density at radius 3 is 2.36 bits per heavy atom. The molecule has 1 saturated carbocycles. The van der Waals surface area contributed by atoms with Crippen LogP contribution in [0.2, 0.25) is 0 Å². The lowest BCUT2D eigenvalue weighted by atomic mass is 9.79. The van der Waals surface area contributed by atoms with Crippen molar-refractivity contribution in [2.45, 2.75) is 64.7 Å². The maximum absolute atomic E-state index is 11.9. The molecule has 0 bridgehead atoms. The van der Waals surface area contributed by atoms with Gasteiger partial charge in [-0.05, 0) is 53.5 Å². The molecule has 0 atom stereocenters. The Kier molecular flexibility index (Phi) is 3.57. The molecule has 1 aromatic rings. The van der Waals surface area contributed by atoms with E-state index >= 15 is 0 Å². The van der Waals surface area contributed by atoms with E-state index in [1.54, 1.807) is 13.1 Å². The second-order valence-corrected chi connectivity index (χ2v) is 7.23. The summed E-state index contributed by atoms with van der Waals surface area (Å²) in [5.74, 6) is 0.657. The van der Waals surface area contributed by atoms with E-state index < -0.39 is 18.3 Å². The Bertz CT molecular complexity index is 595. The van der Waals surface area contributed by atoms with Gasteiger partial charge in [-0.15, -0.1) is 0 Å². The Labute approximate surface area is 131 Å². The van der Waals surface area contributed by atoms with E-state index in [0.717, 1.165) is 18.3 Å². The highest BCUT2D eigenvalue weighted by molar-refractivity contribution is 6.62. The number of nitrogens with one attached hydrogen (secondary N) is 1. The third kappa shape index (κ3) is 2.77. The minimum Gasteiger partial charge on any atom is -0.399 e. The number of nitrogens with zero attached hydrogens (tertiary/aromatic N) is 1. The fourth-order valence-electron chi connectivity index (χ4n) is 2.39. The third-order valence-electron chi connectivity index (χ3n) is 4.73. The van der Waals surface area contributed by atoms with E-state index in [1.807, 2.05) is 33.8 Å². The van der Waals surface area contributed by atoms with E-state index in [0.29, 0.717) is 17.4 Å². The molecule has 0 radical (unpaired) electrons. The molecule has 118 valence electrons. The van der Waals surface area contributed by atoms with Gasteiger partial charge < -0.3 is 14.6 Å². The fourth-order valence-corrected chi connectivity index (χ4v) is 2.39. The molecule has 0 unspecified atom stereocenters. The smallest absolute Gasteiger partial charge is 0.399 e. The lowest BCUT2D eigenvalue weighted by Crippen LogP contribution is -2.41. The zero-order valence-electron chi connectivity index (χ0n) is 13.9. The Hall–Kier alpha value is -1.40. The van der Waals surface area contributed by atoms with Gasteiger partial charge in [-0.2, -0.15) is 0 Å². The van der Waals surface area contributed by atoms with Crippen molar-refractivity contribution in [3.8, 4) is 0 Å². The molecule has 2 fully saturated rings. The molecule has 1 aromatic heterocycles. The third-order valence-corrected chi connectivity index (χ3v) is 4.73. The summed E-state index contributed by atoms with van der Waals surface area (Å²) in [6.07, 6.45) is 4.01. The predicted molar refractivity (Wildman–Crippen MR) is 86.6 cm³/mol. The van der Waals surface area contributed by atoms with Gasteiger partial charge in [0.25, 0.3) is 0 Å². The van der Waals surface area contributed by atoms with Gasteiger partial charge in [-0.1, -0.05) is 0 Å². The average molecular weight is 302 g/mol. The number of carbonyl (C=O) groups is 1. The minimum absolute atomic E-state index is 0.00554. The van der Waals surface area contributed by atoms with E-state index in [9.17, 15) is 4.79 Å². The highest BCUT2D eigenvalue weighted by atomic mass is 16.7. The molecule has 1 N–H and O–H groups in total. The molecular weight excluding hydrogens is 279 g/mol. The summed E-state index contributed by atoms with van der Waals surface area (Å²) in [6, 6.07) is 2.29. The molecule has 2 heterocycles. The molecule has 0 spiro atoms. The van der Waals surface area contributed by atoms with Crippen molar-refractivity contribution in [1.29, 1.82) is 0 Å². The van der Waals surface area contributed by atoms with Crippen molar-refractivity contribution in [3.63, 3.8) is 0 Å². The second-order valence-electron chi connectivity index (χ2n) is 7.23. The standard InChI is InChI=1S/C16H23BN2O3/c1-10(20)13-8-11(9-18-14(13)19-12-6-7-12)17-21-15(2,3)16(4,5)22-17/h8-9,12H,6-7H2,1-5H3,(H,18,19). The van der Waals surface area contributed by atoms with Crippen LogP contribution in [0.15, 0.2) is 12.3 Å². The number of ketones is 1. The SMILES string of the molecule is CC(=O)c1cc(B2OC(C)(C)C(C)(C)O2)cnc1NC1CC1. The molecule has 0 amide bonds. The van der Waals surface area contributed by atoms with Gasteiger partial charge >= 0.3 is 7.12 Å². The minimum atomic E-state index is -0.495. The number of hydrogen-bond donors (Lipinski definition) is 1. The van der Waals surface area contributed by atoms with E-state index in [4.69, 9.17) is 9.31 Å². The van der Waals surface area contributed by atoms with Crippen LogP contribution in [0.5, 0.6) is 0 Å². The van der Waals surface area contributed by atoms with Crippen molar-refractivity contribution in [1.82, 2.24) is 4.98 Å². The molecule has 3 rings (SSSR count). The summed E-state index contributed by atoms with van der Waals surface area (Å²) in [5.41, 5.74) is 0.571. The number of aromatic nitrogens is 1. The Balaban J connectivity index is 1.89. The summed E-state index contributed by atoms with van der Waals surface area (Å²) in [6.45, 7) is 9.60. The maximum atomic E-state index is 11.9. The van der Waals surface area contributed by atoms with Crippen LogP contribution in [0, 0.1) is 0 Å². The first-order chi connectivity index (χ1) is 10.2. The van der Waals surface area contributed by atoms with Crippen LogP contribution in [-0.4, -0.2) is 35.1 Å². The Morgan fingerprint density at radius 1 is 1.27 bits per heavy atom. The van der Waals surface area contributed by atoms with Gasteiger partial charge in [0, 0.05) is 17.7 Å². The van der Waals surface area contributed by atoms with Crippen LogP contribution in [-0.2, 0) is 9.31 Å². The summed E-state index contributed by atoms with van der Waals surface area (Å²) < 4.78 is 12.0. The van der Waals surface area contributed by atoms with Crippen LogP contribution in [0.25, 0.3) is 0 Å². The monoisotopic (exact) mass is 302 g/mol. The summed E-state index contributed by atoms with van der Waals surface area (Å²) in [5, 5.41) is 3.30. The van der Waals surface area contributed by atoms with Crippen molar-refractivity contribution in [2.75, 3.05) is 5.32 Å². The van der Waals surface area contributed by atoms with E-state index in [2.05, 4.69) is 10.3 Å². The van der Waals surface area contributed by atoms with Crippen LogP contribution in [0.4, 0.5) is 5.82 Å². The van der Waals surface area contributed by atoms with Gasteiger partial charge in [-0.3, -0.25) is 4.79 Å². The topological polar surface area (TPSA) is 60.5 Å². The van der Waals surface area contributed by atoms with Crippen LogP contribution in [0.1, 0.15) is 57.8 Å². The first kappa shape index (κ1) is 15.5. The number of carbonyl (C=O) groups excluding carboxylic acids is 1. The second kappa shape index (κ2) is 5.06. The molecule has 0 aromatic carbocycles. The molecule has 1 aliphatic heterocycles. The van der Waals surface area contributed by atoms with Crippen LogP contribution >= 0.6 is 0 Å². The fraction of sp³-hybridized carbons (Fsp3) is 0.625. The van der Waals surface area contributed by atoms with Crippen LogP contribution < -0.4 is 10.8 Å². The molecular formula is C16H23BN2O3. The van der Waals surface area contributed by atoms with Crippen LogP contribution in [0.3, 0.4) is 0 Å². The van der Waals surface area contributed by atoms with E-state index in [-0.39, 0.29) is 5.78 Å². The number of pyridine rings is 1. The molecule has 1 saturated heterocycles. The molecule has 1 aliphatic carbocycles.